The first kappa shape index (κ1) is 14.5. The van der Waals surface area contributed by atoms with Crippen LogP contribution in [0.15, 0.2) is 30.3 Å². The minimum atomic E-state index is -1.06. The van der Waals surface area contributed by atoms with Crippen molar-refractivity contribution in [3.8, 4) is 0 Å². The number of aliphatic hydroxyl groups is 1. The van der Waals surface area contributed by atoms with E-state index in [9.17, 15) is 9.90 Å². The average molecular weight is 288 g/mol. The van der Waals surface area contributed by atoms with Gasteiger partial charge < -0.3 is 15.3 Å². The van der Waals surface area contributed by atoms with Crippen molar-refractivity contribution in [1.29, 1.82) is 0 Å². The molecular formula is C17H24N2O2. The number of aliphatic hydroxyl groups excluding tert-OH is 1. The first-order valence-corrected chi connectivity index (χ1v) is 7.98. The van der Waals surface area contributed by atoms with Crippen LogP contribution in [0.4, 0.5) is 0 Å². The zero-order valence-electron chi connectivity index (χ0n) is 12.4. The largest absolute Gasteiger partial charge is 0.378 e. The first-order valence-electron chi connectivity index (χ1n) is 7.98. The number of nitrogens with zero attached hydrogens (tertiary/aromatic N) is 1. The predicted molar refractivity (Wildman–Crippen MR) is 81.7 cm³/mol. The van der Waals surface area contributed by atoms with E-state index in [0.29, 0.717) is 5.56 Å². The SMILES string of the molecule is O=C(NC1CCN(CC2CC2)CC1)C(O)c1ccccc1. The number of benzene rings is 1. The van der Waals surface area contributed by atoms with Crippen LogP contribution in [0, 0.1) is 5.92 Å². The van der Waals surface area contributed by atoms with Crippen LogP contribution in [-0.4, -0.2) is 41.6 Å². The molecule has 1 aliphatic heterocycles. The molecule has 0 spiro atoms. The fourth-order valence-electron chi connectivity index (χ4n) is 2.99. The van der Waals surface area contributed by atoms with Crippen molar-refractivity contribution in [3.63, 3.8) is 0 Å². The van der Waals surface area contributed by atoms with Gasteiger partial charge in [0.15, 0.2) is 6.10 Å². The van der Waals surface area contributed by atoms with Gasteiger partial charge in [0.05, 0.1) is 0 Å². The van der Waals surface area contributed by atoms with E-state index in [4.69, 9.17) is 0 Å². The lowest BCUT2D eigenvalue weighted by molar-refractivity contribution is -0.130. The van der Waals surface area contributed by atoms with Crippen molar-refractivity contribution in [3.05, 3.63) is 35.9 Å². The number of hydrogen-bond donors (Lipinski definition) is 2. The van der Waals surface area contributed by atoms with Crippen LogP contribution in [-0.2, 0) is 4.79 Å². The van der Waals surface area contributed by atoms with Crippen LogP contribution in [0.5, 0.6) is 0 Å². The topological polar surface area (TPSA) is 52.6 Å². The van der Waals surface area contributed by atoms with E-state index >= 15 is 0 Å². The third-order valence-corrected chi connectivity index (χ3v) is 4.51. The van der Waals surface area contributed by atoms with Crippen molar-refractivity contribution in [1.82, 2.24) is 10.2 Å². The number of hydrogen-bond acceptors (Lipinski definition) is 3. The molecule has 3 rings (SSSR count). The molecule has 114 valence electrons. The Kier molecular flexibility index (Phi) is 4.56. The summed E-state index contributed by atoms with van der Waals surface area (Å²) in [6.07, 6.45) is 3.69. The summed E-state index contributed by atoms with van der Waals surface area (Å²) in [5.41, 5.74) is 0.654. The number of amides is 1. The molecule has 4 nitrogen and oxygen atoms in total. The van der Waals surface area contributed by atoms with Crippen molar-refractivity contribution in [2.75, 3.05) is 19.6 Å². The molecule has 2 fully saturated rings. The maximum atomic E-state index is 12.1. The Balaban J connectivity index is 1.45. The number of rotatable bonds is 5. The van der Waals surface area contributed by atoms with Crippen LogP contribution in [0.2, 0.25) is 0 Å². The van der Waals surface area contributed by atoms with E-state index in [1.165, 1.54) is 19.4 Å². The maximum Gasteiger partial charge on any atom is 0.253 e. The van der Waals surface area contributed by atoms with Crippen molar-refractivity contribution < 1.29 is 9.90 Å². The summed E-state index contributed by atoms with van der Waals surface area (Å²) in [7, 11) is 0. The summed E-state index contributed by atoms with van der Waals surface area (Å²) < 4.78 is 0. The van der Waals surface area contributed by atoms with E-state index < -0.39 is 6.10 Å². The molecule has 4 heteroatoms. The molecule has 0 bridgehead atoms. The van der Waals surface area contributed by atoms with Crippen LogP contribution < -0.4 is 5.32 Å². The van der Waals surface area contributed by atoms with Crippen LogP contribution >= 0.6 is 0 Å². The molecule has 2 N–H and O–H groups in total. The molecule has 21 heavy (non-hydrogen) atoms. The second-order valence-corrected chi connectivity index (χ2v) is 6.34. The van der Waals surface area contributed by atoms with Gasteiger partial charge in [0.25, 0.3) is 5.91 Å². The van der Waals surface area contributed by atoms with Gasteiger partial charge in [-0.2, -0.15) is 0 Å². The molecule has 1 aliphatic carbocycles. The van der Waals surface area contributed by atoms with Gasteiger partial charge in [-0.25, -0.2) is 0 Å². The third kappa shape index (κ3) is 4.05. The highest BCUT2D eigenvalue weighted by Crippen LogP contribution is 2.30. The van der Waals surface area contributed by atoms with Gasteiger partial charge >= 0.3 is 0 Å². The summed E-state index contributed by atoms with van der Waals surface area (Å²) >= 11 is 0. The van der Waals surface area contributed by atoms with E-state index in [2.05, 4.69) is 10.2 Å². The van der Waals surface area contributed by atoms with Gasteiger partial charge in [-0.1, -0.05) is 30.3 Å². The second kappa shape index (κ2) is 6.58. The number of carbonyl (C=O) groups excluding carboxylic acids is 1. The van der Waals surface area contributed by atoms with Crippen molar-refractivity contribution in [2.24, 2.45) is 5.92 Å². The Labute approximate surface area is 126 Å². The van der Waals surface area contributed by atoms with Crippen molar-refractivity contribution in [2.45, 2.75) is 37.8 Å². The fraction of sp³-hybridized carbons (Fsp3) is 0.588. The van der Waals surface area contributed by atoms with Gasteiger partial charge in [-0.3, -0.25) is 4.79 Å². The Morgan fingerprint density at radius 1 is 1.19 bits per heavy atom. The number of piperidine rings is 1. The van der Waals surface area contributed by atoms with Gasteiger partial charge in [-0.15, -0.1) is 0 Å². The minimum absolute atomic E-state index is 0.200. The highest BCUT2D eigenvalue weighted by Gasteiger charge is 2.28. The summed E-state index contributed by atoms with van der Waals surface area (Å²) in [6.45, 7) is 3.35. The smallest absolute Gasteiger partial charge is 0.253 e. The molecular weight excluding hydrogens is 264 g/mol. The molecule has 1 amide bonds. The Hall–Kier alpha value is -1.39. The fourth-order valence-corrected chi connectivity index (χ4v) is 2.99. The molecule has 1 saturated carbocycles. The second-order valence-electron chi connectivity index (χ2n) is 6.34. The number of carbonyl (C=O) groups is 1. The Bertz CT molecular complexity index is 465. The van der Waals surface area contributed by atoms with Crippen LogP contribution in [0.1, 0.15) is 37.4 Å². The van der Waals surface area contributed by atoms with Gasteiger partial charge in [0.2, 0.25) is 0 Å². The van der Waals surface area contributed by atoms with Crippen molar-refractivity contribution >= 4 is 5.91 Å². The molecule has 1 unspecified atom stereocenters. The average Bonchev–Trinajstić information content (AvgIpc) is 3.33. The number of likely N-dealkylation sites (tertiary alicyclic amines) is 1. The molecule has 1 aromatic rings. The Morgan fingerprint density at radius 2 is 1.86 bits per heavy atom. The molecule has 1 aromatic carbocycles. The zero-order valence-corrected chi connectivity index (χ0v) is 12.4. The van der Waals surface area contributed by atoms with E-state index in [0.717, 1.165) is 31.8 Å². The standard InChI is InChI=1S/C17H24N2O2/c20-16(14-4-2-1-3-5-14)17(21)18-15-8-10-19(11-9-15)12-13-6-7-13/h1-5,13,15-16,20H,6-12H2,(H,18,21). The third-order valence-electron chi connectivity index (χ3n) is 4.51. The first-order chi connectivity index (χ1) is 10.2. The van der Waals surface area contributed by atoms with E-state index in [-0.39, 0.29) is 11.9 Å². The van der Waals surface area contributed by atoms with Crippen LogP contribution in [0.25, 0.3) is 0 Å². The lowest BCUT2D eigenvalue weighted by Gasteiger charge is -2.32. The van der Waals surface area contributed by atoms with Gasteiger partial charge in [0.1, 0.15) is 0 Å². The molecule has 0 aromatic heterocycles. The molecule has 1 heterocycles. The predicted octanol–water partition coefficient (Wildman–Crippen LogP) is 1.71. The van der Waals surface area contributed by atoms with Gasteiger partial charge in [-0.05, 0) is 37.2 Å². The maximum absolute atomic E-state index is 12.1. The molecule has 1 saturated heterocycles. The summed E-state index contributed by atoms with van der Waals surface area (Å²) in [5, 5.41) is 13.1. The highest BCUT2D eigenvalue weighted by molar-refractivity contribution is 5.82. The lowest BCUT2D eigenvalue weighted by atomic mass is 10.0. The molecule has 0 radical (unpaired) electrons. The minimum Gasteiger partial charge on any atom is -0.378 e. The molecule has 2 aliphatic rings. The van der Waals surface area contributed by atoms with Gasteiger partial charge in [0, 0.05) is 25.7 Å². The normalized spacial score (nSPS) is 22.0. The monoisotopic (exact) mass is 288 g/mol. The highest BCUT2D eigenvalue weighted by atomic mass is 16.3. The lowest BCUT2D eigenvalue weighted by Crippen LogP contribution is -2.46. The zero-order chi connectivity index (χ0) is 14.7. The quantitative estimate of drug-likeness (QED) is 0.867. The van der Waals surface area contributed by atoms with Crippen LogP contribution in [0.3, 0.4) is 0 Å². The Morgan fingerprint density at radius 3 is 2.48 bits per heavy atom. The van der Waals surface area contributed by atoms with E-state index in [1.54, 1.807) is 12.1 Å². The molecule has 1 atom stereocenters. The summed E-state index contributed by atoms with van der Waals surface area (Å²) in [4.78, 5) is 14.6. The summed E-state index contributed by atoms with van der Waals surface area (Å²) in [6, 6.07) is 9.31. The number of nitrogens with one attached hydrogen (secondary N) is 1. The van der Waals surface area contributed by atoms with E-state index in [1.807, 2.05) is 18.2 Å². The summed E-state index contributed by atoms with van der Waals surface area (Å²) in [5.74, 6) is 0.651.